The Labute approximate surface area is 187 Å². The Bertz CT molecular complexity index is 1190. The molecule has 32 heavy (non-hydrogen) atoms. The Morgan fingerprint density at radius 3 is 2.31 bits per heavy atom. The van der Waals surface area contributed by atoms with Crippen LogP contribution in [-0.4, -0.2) is 9.13 Å². The largest absolute Gasteiger partial charge is 0.331 e. The van der Waals surface area contributed by atoms with Crippen molar-refractivity contribution in [3.63, 3.8) is 0 Å². The Morgan fingerprint density at radius 1 is 0.969 bits per heavy atom. The third-order valence-electron chi connectivity index (χ3n) is 6.60. The van der Waals surface area contributed by atoms with Crippen molar-refractivity contribution in [2.24, 2.45) is 11.7 Å². The van der Waals surface area contributed by atoms with Gasteiger partial charge in [-0.3, -0.25) is 13.9 Å². The van der Waals surface area contributed by atoms with Gasteiger partial charge in [-0.05, 0) is 37.3 Å². The summed E-state index contributed by atoms with van der Waals surface area (Å²) in [6.45, 7) is 2.32. The van der Waals surface area contributed by atoms with Crippen molar-refractivity contribution in [1.29, 1.82) is 0 Å². The average Bonchev–Trinajstić information content (AvgIpc) is 2.82. The lowest BCUT2D eigenvalue weighted by Crippen LogP contribution is -2.44. The van der Waals surface area contributed by atoms with Gasteiger partial charge in [0.1, 0.15) is 5.82 Å². The van der Waals surface area contributed by atoms with Gasteiger partial charge in [-0.15, -0.1) is 0 Å². The first-order chi connectivity index (χ1) is 15.5. The summed E-state index contributed by atoms with van der Waals surface area (Å²) >= 11 is 0. The highest BCUT2D eigenvalue weighted by molar-refractivity contribution is 5.65. The zero-order valence-corrected chi connectivity index (χ0v) is 18.5. The van der Waals surface area contributed by atoms with Crippen molar-refractivity contribution >= 4 is 0 Å². The van der Waals surface area contributed by atoms with Crippen LogP contribution in [0.3, 0.4) is 0 Å². The van der Waals surface area contributed by atoms with Crippen molar-refractivity contribution in [2.45, 2.75) is 58.2 Å². The summed E-state index contributed by atoms with van der Waals surface area (Å²) in [5.41, 5.74) is 7.31. The SMILES string of the molecule is Cc1c(-c2ccccc2F)c(=O)n(C[C@H](N)c2ccccc2)c(=O)n1CC1CCCCC1. The molecule has 0 saturated heterocycles. The lowest BCUT2D eigenvalue weighted by atomic mass is 9.89. The molecule has 0 bridgehead atoms. The second-order valence-electron chi connectivity index (χ2n) is 8.77. The summed E-state index contributed by atoms with van der Waals surface area (Å²) in [7, 11) is 0. The first-order valence-corrected chi connectivity index (χ1v) is 11.4. The van der Waals surface area contributed by atoms with Gasteiger partial charge in [0.05, 0.1) is 12.1 Å². The van der Waals surface area contributed by atoms with E-state index in [9.17, 15) is 14.0 Å². The van der Waals surface area contributed by atoms with Crippen LogP contribution in [0.5, 0.6) is 0 Å². The van der Waals surface area contributed by atoms with Gasteiger partial charge in [0.2, 0.25) is 0 Å². The highest BCUT2D eigenvalue weighted by Crippen LogP contribution is 2.27. The highest BCUT2D eigenvalue weighted by Gasteiger charge is 2.23. The van der Waals surface area contributed by atoms with Crippen LogP contribution in [-0.2, 0) is 13.1 Å². The zero-order chi connectivity index (χ0) is 22.7. The number of halogens is 1. The van der Waals surface area contributed by atoms with Crippen molar-refractivity contribution in [3.8, 4) is 11.1 Å². The summed E-state index contributed by atoms with van der Waals surface area (Å²) in [4.78, 5) is 27.0. The molecule has 2 N–H and O–H groups in total. The van der Waals surface area contributed by atoms with Crippen LogP contribution in [0.4, 0.5) is 4.39 Å². The predicted octanol–water partition coefficient (Wildman–Crippen LogP) is 4.40. The summed E-state index contributed by atoms with van der Waals surface area (Å²) in [5, 5.41) is 0. The third kappa shape index (κ3) is 4.46. The highest BCUT2D eigenvalue weighted by atomic mass is 19.1. The van der Waals surface area contributed by atoms with Gasteiger partial charge < -0.3 is 5.73 Å². The molecule has 0 aliphatic heterocycles. The molecule has 5 nitrogen and oxygen atoms in total. The number of aromatic nitrogens is 2. The molecule has 1 heterocycles. The quantitative estimate of drug-likeness (QED) is 0.624. The van der Waals surface area contributed by atoms with E-state index in [1.165, 1.54) is 17.1 Å². The lowest BCUT2D eigenvalue weighted by Gasteiger charge is -2.25. The molecule has 1 aliphatic rings. The number of hydrogen-bond acceptors (Lipinski definition) is 3. The second-order valence-corrected chi connectivity index (χ2v) is 8.77. The maximum atomic E-state index is 14.7. The minimum Gasteiger partial charge on any atom is -0.322 e. The summed E-state index contributed by atoms with van der Waals surface area (Å²) < 4.78 is 17.6. The number of rotatable bonds is 6. The topological polar surface area (TPSA) is 70.0 Å². The van der Waals surface area contributed by atoms with Gasteiger partial charge in [-0.25, -0.2) is 9.18 Å². The van der Waals surface area contributed by atoms with Crippen LogP contribution >= 0.6 is 0 Å². The van der Waals surface area contributed by atoms with Crippen molar-refractivity contribution in [3.05, 3.63) is 92.5 Å². The summed E-state index contributed by atoms with van der Waals surface area (Å²) in [6.07, 6.45) is 5.64. The van der Waals surface area contributed by atoms with E-state index in [2.05, 4.69) is 0 Å². The van der Waals surface area contributed by atoms with Crippen molar-refractivity contribution in [1.82, 2.24) is 9.13 Å². The standard InChI is InChI=1S/C26H30FN3O2/c1-18-24(21-14-8-9-15-22(21)27)25(31)30(17-23(28)20-12-6-3-7-13-20)26(32)29(18)16-19-10-4-2-5-11-19/h3,6-9,12-15,19,23H,2,4-5,10-11,16-17,28H2,1H3/t23-/m0/s1. The molecule has 3 aromatic rings. The number of nitrogens with two attached hydrogens (primary N) is 1. The molecule has 4 rings (SSSR count). The smallest absolute Gasteiger partial charge is 0.322 e. The molecular formula is C26H30FN3O2. The van der Waals surface area contributed by atoms with Crippen LogP contribution in [0, 0.1) is 18.7 Å². The fourth-order valence-electron chi connectivity index (χ4n) is 4.78. The van der Waals surface area contributed by atoms with Gasteiger partial charge in [0.25, 0.3) is 5.56 Å². The monoisotopic (exact) mass is 435 g/mol. The summed E-state index contributed by atoms with van der Waals surface area (Å²) in [6, 6.07) is 15.1. The fourth-order valence-corrected chi connectivity index (χ4v) is 4.78. The molecule has 1 aromatic heterocycles. The Hall–Kier alpha value is -2.99. The van der Waals surface area contributed by atoms with Crippen molar-refractivity contribution < 1.29 is 4.39 Å². The lowest BCUT2D eigenvalue weighted by molar-refractivity contribution is 0.308. The van der Waals surface area contributed by atoms with Gasteiger partial charge in [-0.2, -0.15) is 0 Å². The Morgan fingerprint density at radius 2 is 1.62 bits per heavy atom. The van der Waals surface area contributed by atoms with E-state index in [-0.39, 0.29) is 23.4 Å². The number of benzene rings is 2. The normalized spacial score (nSPS) is 15.6. The molecule has 0 unspecified atom stereocenters. The molecular weight excluding hydrogens is 405 g/mol. The number of hydrogen-bond donors (Lipinski definition) is 1. The van der Waals surface area contributed by atoms with E-state index in [4.69, 9.17) is 5.73 Å². The van der Waals surface area contributed by atoms with E-state index in [0.29, 0.717) is 18.2 Å². The van der Waals surface area contributed by atoms with Crippen LogP contribution in [0.25, 0.3) is 11.1 Å². The van der Waals surface area contributed by atoms with E-state index in [0.717, 1.165) is 31.2 Å². The zero-order valence-electron chi connectivity index (χ0n) is 18.5. The average molecular weight is 436 g/mol. The van der Waals surface area contributed by atoms with Crippen LogP contribution in [0.15, 0.2) is 64.2 Å². The minimum atomic E-state index is -0.527. The molecule has 6 heteroatoms. The van der Waals surface area contributed by atoms with Crippen LogP contribution < -0.4 is 17.0 Å². The molecule has 1 saturated carbocycles. The van der Waals surface area contributed by atoms with E-state index in [1.807, 2.05) is 30.3 Å². The number of nitrogens with zero attached hydrogens (tertiary/aromatic N) is 2. The van der Waals surface area contributed by atoms with Crippen molar-refractivity contribution in [2.75, 3.05) is 0 Å². The third-order valence-corrected chi connectivity index (χ3v) is 6.60. The second kappa shape index (κ2) is 9.65. The molecule has 1 atom stereocenters. The van der Waals surface area contributed by atoms with E-state index < -0.39 is 17.4 Å². The maximum Gasteiger partial charge on any atom is 0.331 e. The Kier molecular flexibility index (Phi) is 6.70. The summed E-state index contributed by atoms with van der Waals surface area (Å²) in [5.74, 6) is -0.100. The molecule has 2 aromatic carbocycles. The van der Waals surface area contributed by atoms with Gasteiger partial charge in [-0.1, -0.05) is 67.8 Å². The molecule has 0 spiro atoms. The van der Waals surface area contributed by atoms with Gasteiger partial charge in [0.15, 0.2) is 0 Å². The van der Waals surface area contributed by atoms with E-state index in [1.54, 1.807) is 29.7 Å². The van der Waals surface area contributed by atoms with Crippen LogP contribution in [0.2, 0.25) is 0 Å². The molecule has 168 valence electrons. The molecule has 1 fully saturated rings. The fraction of sp³-hybridized carbons (Fsp3) is 0.385. The van der Waals surface area contributed by atoms with Crippen LogP contribution in [0.1, 0.15) is 49.4 Å². The maximum absolute atomic E-state index is 14.7. The Balaban J connectivity index is 1.85. The first-order valence-electron chi connectivity index (χ1n) is 11.4. The first kappa shape index (κ1) is 22.2. The van der Waals surface area contributed by atoms with E-state index >= 15 is 0 Å². The molecule has 0 radical (unpaired) electrons. The van der Waals surface area contributed by atoms with Gasteiger partial charge in [0, 0.05) is 23.8 Å². The molecule has 0 amide bonds. The minimum absolute atomic E-state index is 0.0358. The molecule has 1 aliphatic carbocycles. The predicted molar refractivity (Wildman–Crippen MR) is 125 cm³/mol. The van der Waals surface area contributed by atoms with Gasteiger partial charge >= 0.3 is 5.69 Å².